The molecule has 1 heterocycles. The Morgan fingerprint density at radius 3 is 2.90 bits per heavy atom. The molecular formula is C16H16N2O2. The zero-order valence-corrected chi connectivity index (χ0v) is 11.3. The molecule has 0 atom stereocenters. The predicted molar refractivity (Wildman–Crippen MR) is 79.2 cm³/mol. The maximum atomic E-state index is 5.65. The van der Waals surface area contributed by atoms with E-state index in [2.05, 4.69) is 10.3 Å². The normalized spacial score (nSPS) is 10.7. The van der Waals surface area contributed by atoms with Crippen molar-refractivity contribution in [3.05, 3.63) is 54.1 Å². The molecule has 3 rings (SSSR count). The summed E-state index contributed by atoms with van der Waals surface area (Å²) in [6.07, 6.45) is 0. The average molecular weight is 268 g/mol. The van der Waals surface area contributed by atoms with E-state index in [1.165, 1.54) is 5.56 Å². The van der Waals surface area contributed by atoms with Crippen LogP contribution in [0.25, 0.3) is 11.1 Å². The van der Waals surface area contributed by atoms with Gasteiger partial charge in [-0.1, -0.05) is 24.3 Å². The second-order valence-corrected chi connectivity index (χ2v) is 4.58. The molecule has 0 saturated heterocycles. The van der Waals surface area contributed by atoms with Crippen LogP contribution in [-0.4, -0.2) is 18.1 Å². The monoisotopic (exact) mass is 268 g/mol. The molecule has 1 N–H and O–H groups in total. The Balaban J connectivity index is 1.52. The number of anilines is 1. The molecule has 0 aliphatic rings. The summed E-state index contributed by atoms with van der Waals surface area (Å²) in [6.45, 7) is 3.24. The lowest BCUT2D eigenvalue weighted by atomic mass is 10.2. The second kappa shape index (κ2) is 5.65. The van der Waals surface area contributed by atoms with E-state index in [4.69, 9.17) is 9.15 Å². The summed E-state index contributed by atoms with van der Waals surface area (Å²) in [6, 6.07) is 16.2. The summed E-state index contributed by atoms with van der Waals surface area (Å²) in [5.41, 5.74) is 2.83. The van der Waals surface area contributed by atoms with Gasteiger partial charge in [0.2, 0.25) is 0 Å². The lowest BCUT2D eigenvalue weighted by Gasteiger charge is -2.06. The number of rotatable bonds is 5. The summed E-state index contributed by atoms with van der Waals surface area (Å²) in [5, 5.41) is 3.12. The second-order valence-electron chi connectivity index (χ2n) is 4.58. The number of oxazole rings is 1. The summed E-state index contributed by atoms with van der Waals surface area (Å²) >= 11 is 0. The van der Waals surface area contributed by atoms with Crippen molar-refractivity contribution in [3.63, 3.8) is 0 Å². The van der Waals surface area contributed by atoms with Gasteiger partial charge in [0, 0.05) is 0 Å². The van der Waals surface area contributed by atoms with Gasteiger partial charge in [-0.25, -0.2) is 0 Å². The van der Waals surface area contributed by atoms with Crippen LogP contribution in [0, 0.1) is 6.92 Å². The quantitative estimate of drug-likeness (QED) is 0.718. The third kappa shape index (κ3) is 2.91. The number of nitrogens with zero attached hydrogens (tertiary/aromatic N) is 1. The first-order valence-electron chi connectivity index (χ1n) is 6.60. The highest BCUT2D eigenvalue weighted by Gasteiger charge is 2.03. The summed E-state index contributed by atoms with van der Waals surface area (Å²) in [7, 11) is 0. The van der Waals surface area contributed by atoms with Crippen LogP contribution in [0.4, 0.5) is 6.01 Å². The molecule has 3 aromatic rings. The highest BCUT2D eigenvalue weighted by Crippen LogP contribution is 2.17. The lowest BCUT2D eigenvalue weighted by Crippen LogP contribution is -2.11. The van der Waals surface area contributed by atoms with Crippen molar-refractivity contribution in [2.24, 2.45) is 0 Å². The smallest absolute Gasteiger partial charge is 0.295 e. The topological polar surface area (TPSA) is 47.3 Å². The Bertz CT molecular complexity index is 673. The molecule has 4 heteroatoms. The van der Waals surface area contributed by atoms with E-state index in [0.29, 0.717) is 19.2 Å². The summed E-state index contributed by atoms with van der Waals surface area (Å²) in [5.74, 6) is 0.879. The minimum absolute atomic E-state index is 0.527. The number of para-hydroxylation sites is 2. The van der Waals surface area contributed by atoms with Crippen LogP contribution in [0.3, 0.4) is 0 Å². The van der Waals surface area contributed by atoms with Crippen LogP contribution in [0.2, 0.25) is 0 Å². The molecule has 0 aliphatic heterocycles. The molecule has 0 spiro atoms. The third-order valence-corrected chi connectivity index (χ3v) is 2.93. The Kier molecular flexibility index (Phi) is 3.54. The number of aryl methyl sites for hydroxylation is 1. The molecular weight excluding hydrogens is 252 g/mol. The van der Waals surface area contributed by atoms with Crippen LogP contribution in [0.1, 0.15) is 5.56 Å². The van der Waals surface area contributed by atoms with E-state index in [-0.39, 0.29) is 0 Å². The van der Waals surface area contributed by atoms with Crippen molar-refractivity contribution >= 4 is 17.1 Å². The molecule has 20 heavy (non-hydrogen) atoms. The van der Waals surface area contributed by atoms with Crippen LogP contribution < -0.4 is 10.1 Å². The van der Waals surface area contributed by atoms with E-state index in [9.17, 15) is 0 Å². The average Bonchev–Trinajstić information content (AvgIpc) is 2.86. The molecule has 0 amide bonds. The number of hydrogen-bond acceptors (Lipinski definition) is 4. The molecule has 0 unspecified atom stereocenters. The standard InChI is InChI=1S/C16H16N2O2/c1-12-5-4-6-13(11-12)19-10-9-17-16-18-14-7-2-3-8-15(14)20-16/h2-8,11H,9-10H2,1H3,(H,17,18). The maximum Gasteiger partial charge on any atom is 0.295 e. The van der Waals surface area contributed by atoms with Crippen molar-refractivity contribution in [2.45, 2.75) is 6.92 Å². The minimum atomic E-state index is 0.527. The van der Waals surface area contributed by atoms with Gasteiger partial charge in [-0.05, 0) is 36.8 Å². The number of aromatic nitrogens is 1. The lowest BCUT2D eigenvalue weighted by molar-refractivity contribution is 0.331. The fraction of sp³-hybridized carbons (Fsp3) is 0.188. The predicted octanol–water partition coefficient (Wildman–Crippen LogP) is 3.63. The zero-order valence-electron chi connectivity index (χ0n) is 11.3. The van der Waals surface area contributed by atoms with Crippen molar-refractivity contribution in [2.75, 3.05) is 18.5 Å². The zero-order chi connectivity index (χ0) is 13.8. The largest absolute Gasteiger partial charge is 0.492 e. The van der Waals surface area contributed by atoms with Gasteiger partial charge in [0.1, 0.15) is 17.9 Å². The van der Waals surface area contributed by atoms with Gasteiger partial charge in [-0.15, -0.1) is 0 Å². The highest BCUT2D eigenvalue weighted by atomic mass is 16.5. The van der Waals surface area contributed by atoms with Crippen molar-refractivity contribution in [3.8, 4) is 5.75 Å². The van der Waals surface area contributed by atoms with E-state index >= 15 is 0 Å². The Hall–Kier alpha value is -2.49. The molecule has 0 fully saturated rings. The van der Waals surface area contributed by atoms with Gasteiger partial charge in [-0.2, -0.15) is 4.98 Å². The maximum absolute atomic E-state index is 5.65. The fourth-order valence-electron chi connectivity index (χ4n) is 1.98. The van der Waals surface area contributed by atoms with Gasteiger partial charge in [0.25, 0.3) is 6.01 Å². The first-order valence-corrected chi connectivity index (χ1v) is 6.60. The molecule has 0 bridgehead atoms. The fourth-order valence-corrected chi connectivity index (χ4v) is 1.98. The number of hydrogen-bond donors (Lipinski definition) is 1. The molecule has 1 aromatic heterocycles. The number of ether oxygens (including phenoxy) is 1. The van der Waals surface area contributed by atoms with Gasteiger partial charge < -0.3 is 14.5 Å². The van der Waals surface area contributed by atoms with Gasteiger partial charge >= 0.3 is 0 Å². The number of fused-ring (bicyclic) bond motifs is 1. The highest BCUT2D eigenvalue weighted by molar-refractivity contribution is 5.74. The summed E-state index contributed by atoms with van der Waals surface area (Å²) in [4.78, 5) is 4.34. The van der Waals surface area contributed by atoms with Crippen LogP contribution in [-0.2, 0) is 0 Å². The van der Waals surface area contributed by atoms with E-state index in [1.54, 1.807) is 0 Å². The van der Waals surface area contributed by atoms with Crippen LogP contribution in [0.15, 0.2) is 52.9 Å². The molecule has 2 aromatic carbocycles. The first-order chi connectivity index (χ1) is 9.81. The Morgan fingerprint density at radius 1 is 1.15 bits per heavy atom. The Morgan fingerprint density at radius 2 is 2.05 bits per heavy atom. The number of benzene rings is 2. The van der Waals surface area contributed by atoms with E-state index in [1.807, 2.05) is 55.5 Å². The van der Waals surface area contributed by atoms with Gasteiger partial charge in [0.05, 0.1) is 6.54 Å². The van der Waals surface area contributed by atoms with E-state index in [0.717, 1.165) is 16.8 Å². The first kappa shape index (κ1) is 12.5. The van der Waals surface area contributed by atoms with Gasteiger partial charge in [0.15, 0.2) is 5.58 Å². The van der Waals surface area contributed by atoms with Crippen molar-refractivity contribution in [1.29, 1.82) is 0 Å². The SMILES string of the molecule is Cc1cccc(OCCNc2nc3ccccc3o2)c1. The molecule has 0 aliphatic carbocycles. The van der Waals surface area contributed by atoms with Crippen molar-refractivity contribution in [1.82, 2.24) is 4.98 Å². The third-order valence-electron chi connectivity index (χ3n) is 2.93. The minimum Gasteiger partial charge on any atom is -0.492 e. The molecule has 102 valence electrons. The molecule has 0 saturated carbocycles. The van der Waals surface area contributed by atoms with Crippen molar-refractivity contribution < 1.29 is 9.15 Å². The number of nitrogens with one attached hydrogen (secondary N) is 1. The molecule has 4 nitrogen and oxygen atoms in total. The summed E-state index contributed by atoms with van der Waals surface area (Å²) < 4.78 is 11.2. The molecule has 0 radical (unpaired) electrons. The Labute approximate surface area is 117 Å². The van der Waals surface area contributed by atoms with Crippen LogP contribution in [0.5, 0.6) is 5.75 Å². The van der Waals surface area contributed by atoms with Crippen LogP contribution >= 0.6 is 0 Å². The van der Waals surface area contributed by atoms with Gasteiger partial charge in [-0.3, -0.25) is 0 Å². The van der Waals surface area contributed by atoms with E-state index < -0.39 is 0 Å².